The minimum Gasteiger partial charge on any atom is -0.283 e. The highest BCUT2D eigenvalue weighted by Gasteiger charge is 2.23. The van der Waals surface area contributed by atoms with E-state index in [1.807, 2.05) is 38.1 Å². The predicted octanol–water partition coefficient (Wildman–Crippen LogP) is 3.40. The van der Waals surface area contributed by atoms with E-state index in [0.29, 0.717) is 0 Å². The summed E-state index contributed by atoms with van der Waals surface area (Å²) in [6.07, 6.45) is 0. The molecule has 0 aliphatic carbocycles. The molecule has 1 aliphatic heterocycles. The molecule has 15 heavy (non-hydrogen) atoms. The molecule has 3 heteroatoms. The zero-order valence-electron chi connectivity index (χ0n) is 9.07. The van der Waals surface area contributed by atoms with Crippen LogP contribution >= 0.6 is 11.8 Å². The summed E-state index contributed by atoms with van der Waals surface area (Å²) in [5.74, 6) is 0.0691. The van der Waals surface area contributed by atoms with Crippen LogP contribution in [0.4, 0.5) is 5.69 Å². The molecule has 0 aromatic heterocycles. The van der Waals surface area contributed by atoms with Crippen LogP contribution in [-0.4, -0.2) is 5.91 Å². The third-order valence-electron chi connectivity index (χ3n) is 2.53. The van der Waals surface area contributed by atoms with E-state index in [2.05, 4.69) is 0 Å². The molecule has 0 N–H and O–H groups in total. The molecule has 0 radical (unpaired) electrons. The van der Waals surface area contributed by atoms with Crippen LogP contribution in [-0.2, 0) is 4.79 Å². The van der Waals surface area contributed by atoms with Crippen molar-refractivity contribution in [2.75, 3.05) is 4.90 Å². The lowest BCUT2D eigenvalue weighted by atomic mass is 10.2. The summed E-state index contributed by atoms with van der Waals surface area (Å²) in [4.78, 5) is 15.7. The summed E-state index contributed by atoms with van der Waals surface area (Å²) >= 11 is 1.73. The summed E-state index contributed by atoms with van der Waals surface area (Å²) in [6.45, 7) is 5.63. The van der Waals surface area contributed by atoms with Crippen LogP contribution in [0.1, 0.15) is 20.8 Å². The standard InChI is InChI=1S/C12H13NOS/c1-8-9(2)15-12-7-5-4-6-11(12)13(8)10(3)14/h4-7H,1-3H3. The second-order valence-corrected chi connectivity index (χ2v) is 4.82. The van der Waals surface area contributed by atoms with Crippen LogP contribution < -0.4 is 4.90 Å². The number of carbonyl (C=O) groups is 1. The number of fused-ring (bicyclic) bond motifs is 1. The van der Waals surface area contributed by atoms with Gasteiger partial charge in [-0.25, -0.2) is 0 Å². The fourth-order valence-corrected chi connectivity index (χ4v) is 2.69. The zero-order valence-corrected chi connectivity index (χ0v) is 9.89. The quantitative estimate of drug-likeness (QED) is 0.666. The lowest BCUT2D eigenvalue weighted by Crippen LogP contribution is -2.29. The molecule has 1 aliphatic rings. The minimum atomic E-state index is 0.0691. The van der Waals surface area contributed by atoms with Gasteiger partial charge in [0.15, 0.2) is 0 Å². The van der Waals surface area contributed by atoms with Gasteiger partial charge in [0.25, 0.3) is 0 Å². The SMILES string of the molecule is CC(=O)N1C(C)=C(C)Sc2ccccc21. The second kappa shape index (κ2) is 3.74. The maximum atomic E-state index is 11.6. The summed E-state index contributed by atoms with van der Waals surface area (Å²) in [5, 5.41) is 0. The Hall–Kier alpha value is -1.22. The molecule has 0 saturated carbocycles. The fourth-order valence-electron chi connectivity index (χ4n) is 1.71. The van der Waals surface area contributed by atoms with Crippen molar-refractivity contribution in [3.05, 3.63) is 34.9 Å². The monoisotopic (exact) mass is 219 g/mol. The van der Waals surface area contributed by atoms with Gasteiger partial charge < -0.3 is 0 Å². The van der Waals surface area contributed by atoms with Gasteiger partial charge in [-0.2, -0.15) is 0 Å². The Labute approximate surface area is 94.0 Å². The molecule has 1 aromatic carbocycles. The number of para-hydroxylation sites is 1. The van der Waals surface area contributed by atoms with Crippen molar-refractivity contribution in [3.8, 4) is 0 Å². The third kappa shape index (κ3) is 1.67. The molecular formula is C12H13NOS. The van der Waals surface area contributed by atoms with Gasteiger partial charge in [-0.05, 0) is 26.0 Å². The minimum absolute atomic E-state index is 0.0691. The Morgan fingerprint density at radius 3 is 2.60 bits per heavy atom. The summed E-state index contributed by atoms with van der Waals surface area (Å²) in [7, 11) is 0. The Morgan fingerprint density at radius 2 is 1.93 bits per heavy atom. The Bertz CT molecular complexity index is 451. The zero-order chi connectivity index (χ0) is 11.0. The van der Waals surface area contributed by atoms with Gasteiger partial charge in [0.05, 0.1) is 5.69 Å². The van der Waals surface area contributed by atoms with E-state index in [0.717, 1.165) is 16.3 Å². The number of carbonyl (C=O) groups excluding carboxylic acids is 1. The maximum absolute atomic E-state index is 11.6. The molecule has 2 rings (SSSR count). The number of thioether (sulfide) groups is 1. The molecule has 0 fully saturated rings. The highest BCUT2D eigenvalue weighted by atomic mass is 32.2. The van der Waals surface area contributed by atoms with Crippen LogP contribution in [0.5, 0.6) is 0 Å². The van der Waals surface area contributed by atoms with E-state index in [1.165, 1.54) is 4.91 Å². The van der Waals surface area contributed by atoms with Gasteiger partial charge in [0, 0.05) is 22.4 Å². The first kappa shape index (κ1) is 10.3. The van der Waals surface area contributed by atoms with Crippen molar-refractivity contribution in [1.29, 1.82) is 0 Å². The van der Waals surface area contributed by atoms with Crippen molar-refractivity contribution in [3.63, 3.8) is 0 Å². The van der Waals surface area contributed by atoms with E-state index in [1.54, 1.807) is 23.6 Å². The second-order valence-electron chi connectivity index (χ2n) is 3.57. The smallest absolute Gasteiger partial charge is 0.228 e. The van der Waals surface area contributed by atoms with Crippen LogP contribution in [0.3, 0.4) is 0 Å². The number of rotatable bonds is 0. The van der Waals surface area contributed by atoms with Crippen LogP contribution in [0, 0.1) is 0 Å². The molecule has 78 valence electrons. The highest BCUT2D eigenvalue weighted by molar-refractivity contribution is 8.03. The van der Waals surface area contributed by atoms with Crippen LogP contribution in [0.25, 0.3) is 0 Å². The molecule has 0 bridgehead atoms. The predicted molar refractivity (Wildman–Crippen MR) is 63.8 cm³/mol. The van der Waals surface area contributed by atoms with Crippen LogP contribution in [0.2, 0.25) is 0 Å². The summed E-state index contributed by atoms with van der Waals surface area (Å²) in [5.41, 5.74) is 2.03. The average Bonchev–Trinajstić information content (AvgIpc) is 2.19. The average molecular weight is 219 g/mol. The van der Waals surface area contributed by atoms with Crippen molar-refractivity contribution < 1.29 is 4.79 Å². The Morgan fingerprint density at radius 1 is 1.27 bits per heavy atom. The molecule has 1 aromatic rings. The topological polar surface area (TPSA) is 20.3 Å². The van der Waals surface area contributed by atoms with E-state index in [9.17, 15) is 4.79 Å². The van der Waals surface area contributed by atoms with Gasteiger partial charge >= 0.3 is 0 Å². The van der Waals surface area contributed by atoms with Gasteiger partial charge in [-0.15, -0.1) is 0 Å². The number of hydrogen-bond acceptors (Lipinski definition) is 2. The molecule has 1 heterocycles. The van der Waals surface area contributed by atoms with E-state index in [4.69, 9.17) is 0 Å². The van der Waals surface area contributed by atoms with Crippen molar-refractivity contribution in [1.82, 2.24) is 0 Å². The van der Waals surface area contributed by atoms with Crippen molar-refractivity contribution in [2.24, 2.45) is 0 Å². The third-order valence-corrected chi connectivity index (χ3v) is 3.70. The Balaban J connectivity index is 2.58. The van der Waals surface area contributed by atoms with E-state index >= 15 is 0 Å². The molecule has 0 unspecified atom stereocenters. The number of nitrogens with zero attached hydrogens (tertiary/aromatic N) is 1. The molecule has 1 amide bonds. The molecular weight excluding hydrogens is 206 g/mol. The lowest BCUT2D eigenvalue weighted by molar-refractivity contribution is -0.116. The molecule has 0 atom stereocenters. The molecule has 2 nitrogen and oxygen atoms in total. The van der Waals surface area contributed by atoms with Gasteiger partial charge in [0.1, 0.15) is 0 Å². The van der Waals surface area contributed by atoms with Gasteiger partial charge in [-0.3, -0.25) is 9.69 Å². The Kier molecular flexibility index (Phi) is 2.57. The van der Waals surface area contributed by atoms with Crippen LogP contribution in [0.15, 0.2) is 39.8 Å². The first-order valence-corrected chi connectivity index (χ1v) is 5.68. The summed E-state index contributed by atoms with van der Waals surface area (Å²) in [6, 6.07) is 7.99. The number of anilines is 1. The number of hydrogen-bond donors (Lipinski definition) is 0. The van der Waals surface area contributed by atoms with Gasteiger partial charge in [-0.1, -0.05) is 23.9 Å². The first-order valence-electron chi connectivity index (χ1n) is 4.86. The first-order chi connectivity index (χ1) is 7.11. The fraction of sp³-hybridized carbons (Fsp3) is 0.250. The molecule has 0 spiro atoms. The van der Waals surface area contributed by atoms with E-state index in [-0.39, 0.29) is 5.91 Å². The number of benzene rings is 1. The van der Waals surface area contributed by atoms with E-state index < -0.39 is 0 Å². The lowest BCUT2D eigenvalue weighted by Gasteiger charge is -2.30. The largest absolute Gasteiger partial charge is 0.283 e. The summed E-state index contributed by atoms with van der Waals surface area (Å²) < 4.78 is 0. The van der Waals surface area contributed by atoms with Crippen molar-refractivity contribution >= 4 is 23.4 Å². The normalized spacial score (nSPS) is 15.3. The van der Waals surface area contributed by atoms with Crippen molar-refractivity contribution in [2.45, 2.75) is 25.7 Å². The highest BCUT2D eigenvalue weighted by Crippen LogP contribution is 2.42. The number of allylic oxidation sites excluding steroid dienone is 2. The maximum Gasteiger partial charge on any atom is 0.228 e. The number of amides is 1. The van der Waals surface area contributed by atoms with Gasteiger partial charge in [0.2, 0.25) is 5.91 Å². The molecule has 0 saturated heterocycles.